The molecule has 0 spiro atoms. The smallest absolute Gasteiger partial charge is 0.416 e. The summed E-state index contributed by atoms with van der Waals surface area (Å²) in [4.78, 5) is 21.3. The van der Waals surface area contributed by atoms with Crippen LogP contribution in [0.2, 0.25) is 0 Å². The zero-order valence-electron chi connectivity index (χ0n) is 16.3. The molecule has 0 amide bonds. The van der Waals surface area contributed by atoms with Crippen LogP contribution >= 0.6 is 0 Å². The van der Waals surface area contributed by atoms with Gasteiger partial charge in [-0.05, 0) is 37.6 Å². The van der Waals surface area contributed by atoms with Gasteiger partial charge in [0, 0.05) is 31.3 Å². The van der Waals surface area contributed by atoms with E-state index in [-0.39, 0.29) is 0 Å². The first kappa shape index (κ1) is 24.6. The summed E-state index contributed by atoms with van der Waals surface area (Å²) in [5.41, 5.74) is -0.120. The van der Waals surface area contributed by atoms with Crippen molar-refractivity contribution >= 4 is 11.9 Å². The molecular formula is C20H27F3N2O4. The lowest BCUT2D eigenvalue weighted by atomic mass is 10.0. The average Bonchev–Trinajstić information content (AvgIpc) is 3.18. The van der Waals surface area contributed by atoms with Crippen molar-refractivity contribution in [2.24, 2.45) is 0 Å². The van der Waals surface area contributed by atoms with E-state index in [1.54, 1.807) is 12.1 Å². The molecule has 0 saturated carbocycles. The molecule has 3 N–H and O–H groups in total. The summed E-state index contributed by atoms with van der Waals surface area (Å²) in [6, 6.07) is 6.28. The summed E-state index contributed by atoms with van der Waals surface area (Å²) in [7, 11) is 0. The van der Waals surface area contributed by atoms with Crippen LogP contribution in [0, 0.1) is 0 Å². The molecule has 1 aromatic rings. The van der Waals surface area contributed by atoms with Crippen LogP contribution in [0.4, 0.5) is 13.2 Å². The normalized spacial score (nSPS) is 16.7. The minimum Gasteiger partial charge on any atom is -0.478 e. The lowest BCUT2D eigenvalue weighted by Gasteiger charge is -2.29. The summed E-state index contributed by atoms with van der Waals surface area (Å²) >= 11 is 0. The predicted molar refractivity (Wildman–Crippen MR) is 102 cm³/mol. The minimum absolute atomic E-state index is 0.345. The lowest BCUT2D eigenvalue weighted by molar-refractivity contribution is -0.138. The Kier molecular flexibility index (Phi) is 10.4. The second kappa shape index (κ2) is 12.2. The van der Waals surface area contributed by atoms with E-state index >= 15 is 0 Å². The van der Waals surface area contributed by atoms with Gasteiger partial charge in [0.1, 0.15) is 0 Å². The summed E-state index contributed by atoms with van der Waals surface area (Å²) in [5.74, 6) is -2.51. The van der Waals surface area contributed by atoms with Crippen molar-refractivity contribution in [3.05, 3.63) is 47.5 Å². The molecule has 0 radical (unpaired) electrons. The molecule has 1 fully saturated rings. The van der Waals surface area contributed by atoms with Gasteiger partial charge in [0.05, 0.1) is 5.56 Å². The van der Waals surface area contributed by atoms with E-state index < -0.39 is 23.7 Å². The first-order valence-electron chi connectivity index (χ1n) is 9.39. The highest BCUT2D eigenvalue weighted by molar-refractivity contribution is 5.89. The number of alkyl halides is 3. The Morgan fingerprint density at radius 1 is 1.21 bits per heavy atom. The van der Waals surface area contributed by atoms with Gasteiger partial charge in [-0.3, -0.25) is 4.90 Å². The number of hydrogen-bond donors (Lipinski definition) is 3. The molecule has 2 rings (SSSR count). The van der Waals surface area contributed by atoms with Crippen LogP contribution in [0.3, 0.4) is 0 Å². The number of aliphatic carboxylic acids is 2. The summed E-state index contributed by atoms with van der Waals surface area (Å²) in [6.07, 6.45) is -0.0776. The standard InChI is InChI=1S/C16H23F3N2.C4H4O4/c1-2-3-10-21(14-8-9-20-11-14)12-13-6-4-5-7-15(13)16(17,18)19;5-3(6)1-2-4(7)8/h4-7,14,20H,2-3,8-12H2,1H3;1-2H,(H,5,6)(H,7,8)/t14-;/m0./s1. The van der Waals surface area contributed by atoms with Gasteiger partial charge < -0.3 is 15.5 Å². The van der Waals surface area contributed by atoms with Crippen molar-refractivity contribution in [1.29, 1.82) is 0 Å². The molecule has 0 aliphatic carbocycles. The van der Waals surface area contributed by atoms with Crippen LogP contribution in [0.1, 0.15) is 37.3 Å². The van der Waals surface area contributed by atoms with E-state index in [0.717, 1.165) is 38.9 Å². The minimum atomic E-state index is -4.28. The number of rotatable bonds is 8. The number of hydrogen-bond acceptors (Lipinski definition) is 4. The molecule has 9 heteroatoms. The first-order chi connectivity index (χ1) is 13.6. The van der Waals surface area contributed by atoms with Gasteiger partial charge in [0.15, 0.2) is 0 Å². The fraction of sp³-hybridized carbons (Fsp3) is 0.500. The quantitative estimate of drug-likeness (QED) is 0.563. The van der Waals surface area contributed by atoms with Crippen molar-refractivity contribution in [3.63, 3.8) is 0 Å². The van der Waals surface area contributed by atoms with Crippen LogP contribution in [0.5, 0.6) is 0 Å². The van der Waals surface area contributed by atoms with Crippen LogP contribution in [-0.2, 0) is 22.3 Å². The molecular weight excluding hydrogens is 389 g/mol. The summed E-state index contributed by atoms with van der Waals surface area (Å²) in [6.45, 7) is 5.16. The number of nitrogens with one attached hydrogen (secondary N) is 1. The van der Waals surface area contributed by atoms with Gasteiger partial charge in [-0.15, -0.1) is 0 Å². The van der Waals surface area contributed by atoms with Crippen LogP contribution in [0.15, 0.2) is 36.4 Å². The molecule has 0 unspecified atom stereocenters. The molecule has 0 bridgehead atoms. The maximum Gasteiger partial charge on any atom is 0.416 e. The Morgan fingerprint density at radius 3 is 2.31 bits per heavy atom. The van der Waals surface area contributed by atoms with Crippen molar-refractivity contribution in [2.45, 2.75) is 44.9 Å². The highest BCUT2D eigenvalue weighted by atomic mass is 19.4. The number of carboxylic acid groups (broad SMARTS) is 2. The van der Waals surface area contributed by atoms with Gasteiger partial charge in [0.25, 0.3) is 0 Å². The predicted octanol–water partition coefficient (Wildman–Crippen LogP) is 3.38. The Bertz CT molecular complexity index is 671. The van der Waals surface area contributed by atoms with Crippen molar-refractivity contribution in [3.8, 4) is 0 Å². The van der Waals surface area contributed by atoms with Crippen LogP contribution in [-0.4, -0.2) is 52.7 Å². The zero-order valence-corrected chi connectivity index (χ0v) is 16.3. The Hall–Kier alpha value is -2.39. The van der Waals surface area contributed by atoms with E-state index in [1.165, 1.54) is 12.1 Å². The Morgan fingerprint density at radius 2 is 1.83 bits per heavy atom. The van der Waals surface area contributed by atoms with E-state index in [2.05, 4.69) is 17.1 Å². The molecule has 1 heterocycles. The summed E-state index contributed by atoms with van der Waals surface area (Å²) in [5, 5.41) is 18.9. The molecule has 29 heavy (non-hydrogen) atoms. The van der Waals surface area contributed by atoms with Gasteiger partial charge >= 0.3 is 18.1 Å². The van der Waals surface area contributed by atoms with Crippen LogP contribution in [0.25, 0.3) is 0 Å². The van der Waals surface area contributed by atoms with E-state index in [9.17, 15) is 22.8 Å². The molecule has 162 valence electrons. The number of benzene rings is 1. The van der Waals surface area contributed by atoms with Crippen molar-refractivity contribution < 1.29 is 33.0 Å². The van der Waals surface area contributed by atoms with E-state index in [1.807, 2.05) is 0 Å². The maximum atomic E-state index is 13.1. The number of halogens is 3. The fourth-order valence-corrected chi connectivity index (χ4v) is 3.00. The highest BCUT2D eigenvalue weighted by Crippen LogP contribution is 2.32. The topological polar surface area (TPSA) is 89.9 Å². The van der Waals surface area contributed by atoms with E-state index in [0.29, 0.717) is 30.3 Å². The molecule has 1 aliphatic heterocycles. The molecule has 1 aromatic carbocycles. The van der Waals surface area contributed by atoms with Crippen molar-refractivity contribution in [2.75, 3.05) is 19.6 Å². The number of carbonyl (C=O) groups is 2. The molecule has 1 saturated heterocycles. The van der Waals surface area contributed by atoms with Crippen LogP contribution < -0.4 is 5.32 Å². The Labute approximate surface area is 168 Å². The summed E-state index contributed by atoms with van der Waals surface area (Å²) < 4.78 is 39.3. The average molecular weight is 416 g/mol. The third-order valence-electron chi connectivity index (χ3n) is 4.41. The van der Waals surface area contributed by atoms with E-state index in [4.69, 9.17) is 10.2 Å². The molecule has 1 aliphatic rings. The zero-order chi connectivity index (χ0) is 21.9. The lowest BCUT2D eigenvalue weighted by Crippen LogP contribution is -2.37. The third kappa shape index (κ3) is 9.58. The second-order valence-electron chi connectivity index (χ2n) is 6.64. The van der Waals surface area contributed by atoms with Gasteiger partial charge in [0.2, 0.25) is 0 Å². The number of nitrogens with zero attached hydrogens (tertiary/aromatic N) is 1. The third-order valence-corrected chi connectivity index (χ3v) is 4.41. The number of unbranched alkanes of at least 4 members (excludes halogenated alkanes) is 1. The SMILES string of the molecule is CCCCN(Cc1ccccc1C(F)(F)F)[C@H]1CCNC1.O=C(O)C=CC(=O)O. The van der Waals surface area contributed by atoms with Gasteiger partial charge in [-0.2, -0.15) is 13.2 Å². The van der Waals surface area contributed by atoms with Gasteiger partial charge in [-0.25, -0.2) is 9.59 Å². The molecule has 6 nitrogen and oxygen atoms in total. The fourth-order valence-electron chi connectivity index (χ4n) is 3.00. The Balaban J connectivity index is 0.000000447. The van der Waals surface area contributed by atoms with Crippen molar-refractivity contribution in [1.82, 2.24) is 10.2 Å². The highest BCUT2D eigenvalue weighted by Gasteiger charge is 2.34. The molecule has 0 aromatic heterocycles. The molecule has 1 atom stereocenters. The largest absolute Gasteiger partial charge is 0.478 e. The number of carboxylic acids is 2. The maximum absolute atomic E-state index is 13.1. The first-order valence-corrected chi connectivity index (χ1v) is 9.39. The monoisotopic (exact) mass is 416 g/mol. The second-order valence-corrected chi connectivity index (χ2v) is 6.64. The van der Waals surface area contributed by atoms with Gasteiger partial charge in [-0.1, -0.05) is 31.5 Å².